The Bertz CT molecular complexity index is 399. The zero-order valence-electron chi connectivity index (χ0n) is 12.5. The number of ether oxygens (including phenoxy) is 1. The summed E-state index contributed by atoms with van der Waals surface area (Å²) >= 11 is 3.62. The van der Waals surface area contributed by atoms with Crippen molar-refractivity contribution < 1.29 is 9.84 Å². The number of rotatable bonds is 9. The van der Waals surface area contributed by atoms with Crippen LogP contribution in [0, 0.1) is 0 Å². The van der Waals surface area contributed by atoms with Crippen molar-refractivity contribution in [1.29, 1.82) is 0 Å². The minimum absolute atomic E-state index is 0.137. The Labute approximate surface area is 130 Å². The smallest absolute Gasteiger partial charge is 0.0637 e. The van der Waals surface area contributed by atoms with Gasteiger partial charge in [-0.1, -0.05) is 35.8 Å². The molecular weight excluding hydrogens is 320 g/mol. The Morgan fingerprint density at radius 2 is 2.10 bits per heavy atom. The van der Waals surface area contributed by atoms with Crippen molar-refractivity contribution in [2.24, 2.45) is 0 Å². The summed E-state index contributed by atoms with van der Waals surface area (Å²) in [7, 11) is 1.69. The molecule has 0 aliphatic carbocycles. The van der Waals surface area contributed by atoms with Gasteiger partial charge in [-0.05, 0) is 17.7 Å². The summed E-state index contributed by atoms with van der Waals surface area (Å²) in [5.41, 5.74) is 2.33. The van der Waals surface area contributed by atoms with Gasteiger partial charge >= 0.3 is 0 Å². The Hall–Kier alpha value is -0.620. The Morgan fingerprint density at radius 1 is 1.35 bits per heavy atom. The Balaban J connectivity index is 2.76. The van der Waals surface area contributed by atoms with Gasteiger partial charge in [-0.2, -0.15) is 0 Å². The van der Waals surface area contributed by atoms with Gasteiger partial charge in [0.2, 0.25) is 0 Å². The van der Waals surface area contributed by atoms with Gasteiger partial charge < -0.3 is 20.1 Å². The third kappa shape index (κ3) is 5.79. The molecule has 0 fully saturated rings. The number of anilines is 1. The van der Waals surface area contributed by atoms with E-state index in [4.69, 9.17) is 9.84 Å². The zero-order valence-corrected chi connectivity index (χ0v) is 14.1. The van der Waals surface area contributed by atoms with E-state index in [0.717, 1.165) is 23.2 Å². The lowest BCUT2D eigenvalue weighted by Gasteiger charge is -2.24. The normalized spacial score (nSPS) is 11.1. The predicted octanol–water partition coefficient (Wildman–Crippen LogP) is 2.39. The molecule has 1 aromatic carbocycles. The number of benzene rings is 1. The van der Waals surface area contributed by atoms with Crippen molar-refractivity contribution >= 4 is 21.6 Å². The number of methoxy groups -OCH3 is 1. The van der Waals surface area contributed by atoms with Crippen molar-refractivity contribution in [2.45, 2.75) is 26.4 Å². The molecule has 0 aromatic heterocycles. The van der Waals surface area contributed by atoms with Crippen LogP contribution in [0.2, 0.25) is 0 Å². The molecule has 0 radical (unpaired) electrons. The second kappa shape index (κ2) is 9.34. The van der Waals surface area contributed by atoms with E-state index >= 15 is 0 Å². The molecular formula is C15H25BrN2O2. The average Bonchev–Trinajstić information content (AvgIpc) is 2.42. The van der Waals surface area contributed by atoms with E-state index in [-0.39, 0.29) is 6.61 Å². The van der Waals surface area contributed by atoms with Crippen LogP contribution >= 0.6 is 15.9 Å². The van der Waals surface area contributed by atoms with Crippen molar-refractivity contribution in [1.82, 2.24) is 5.32 Å². The van der Waals surface area contributed by atoms with Crippen LogP contribution in [0.1, 0.15) is 19.4 Å². The summed E-state index contributed by atoms with van der Waals surface area (Å²) in [6.07, 6.45) is 0. The quantitative estimate of drug-likeness (QED) is 0.721. The molecule has 0 saturated heterocycles. The van der Waals surface area contributed by atoms with Crippen LogP contribution in [0.25, 0.3) is 0 Å². The number of nitrogens with one attached hydrogen (secondary N) is 1. The minimum Gasteiger partial charge on any atom is -0.395 e. The fourth-order valence-corrected chi connectivity index (χ4v) is 2.39. The molecule has 1 aromatic rings. The molecule has 5 heteroatoms. The number of aliphatic hydroxyl groups is 1. The fraction of sp³-hybridized carbons (Fsp3) is 0.600. The van der Waals surface area contributed by atoms with E-state index in [1.165, 1.54) is 5.56 Å². The first-order chi connectivity index (χ1) is 9.58. The molecule has 1 rings (SSSR count). The molecule has 0 saturated carbocycles. The highest BCUT2D eigenvalue weighted by Crippen LogP contribution is 2.24. The zero-order chi connectivity index (χ0) is 15.0. The van der Waals surface area contributed by atoms with Gasteiger partial charge in [-0.25, -0.2) is 0 Å². The van der Waals surface area contributed by atoms with E-state index in [0.29, 0.717) is 19.2 Å². The highest BCUT2D eigenvalue weighted by Gasteiger charge is 2.08. The molecule has 2 N–H and O–H groups in total. The van der Waals surface area contributed by atoms with E-state index in [1.54, 1.807) is 7.11 Å². The summed E-state index contributed by atoms with van der Waals surface area (Å²) in [5, 5.41) is 12.6. The molecule has 0 heterocycles. The molecule has 0 bridgehead atoms. The third-order valence-corrected chi connectivity index (χ3v) is 3.78. The van der Waals surface area contributed by atoms with Crippen molar-refractivity contribution in [2.75, 3.05) is 38.3 Å². The summed E-state index contributed by atoms with van der Waals surface area (Å²) < 4.78 is 6.20. The molecule has 4 nitrogen and oxygen atoms in total. The summed E-state index contributed by atoms with van der Waals surface area (Å²) in [4.78, 5) is 2.12. The highest BCUT2D eigenvalue weighted by atomic mass is 79.9. The van der Waals surface area contributed by atoms with Crippen molar-refractivity contribution in [3.63, 3.8) is 0 Å². The number of nitrogens with zero attached hydrogens (tertiary/aromatic N) is 1. The van der Waals surface area contributed by atoms with Gasteiger partial charge in [0.05, 0.1) is 13.2 Å². The molecule has 0 aliphatic rings. The maximum absolute atomic E-state index is 9.16. The van der Waals surface area contributed by atoms with Crippen LogP contribution in [0.15, 0.2) is 22.7 Å². The largest absolute Gasteiger partial charge is 0.395 e. The lowest BCUT2D eigenvalue weighted by atomic mass is 10.2. The van der Waals surface area contributed by atoms with Crippen LogP contribution in [-0.2, 0) is 11.3 Å². The second-order valence-corrected chi connectivity index (χ2v) is 5.87. The summed E-state index contributed by atoms with van der Waals surface area (Å²) in [6.45, 7) is 7.28. The fourth-order valence-electron chi connectivity index (χ4n) is 1.88. The van der Waals surface area contributed by atoms with Crippen LogP contribution in [0.4, 0.5) is 5.69 Å². The number of hydrogen-bond donors (Lipinski definition) is 2. The van der Waals surface area contributed by atoms with Gasteiger partial charge in [-0.15, -0.1) is 0 Å². The summed E-state index contributed by atoms with van der Waals surface area (Å²) in [5.74, 6) is 0. The SMILES string of the molecule is COCCN(CCO)c1ccc(CNC(C)C)c(Br)c1. The second-order valence-electron chi connectivity index (χ2n) is 5.01. The first-order valence-corrected chi connectivity index (χ1v) is 7.74. The number of hydrogen-bond acceptors (Lipinski definition) is 4. The Morgan fingerprint density at radius 3 is 2.65 bits per heavy atom. The summed E-state index contributed by atoms with van der Waals surface area (Å²) in [6, 6.07) is 6.77. The van der Waals surface area contributed by atoms with Crippen LogP contribution in [0.3, 0.4) is 0 Å². The predicted molar refractivity (Wildman–Crippen MR) is 87.3 cm³/mol. The molecule has 114 valence electrons. The van der Waals surface area contributed by atoms with E-state index < -0.39 is 0 Å². The monoisotopic (exact) mass is 344 g/mol. The molecule has 20 heavy (non-hydrogen) atoms. The Kier molecular flexibility index (Phi) is 8.14. The molecule has 0 unspecified atom stereocenters. The average molecular weight is 345 g/mol. The maximum Gasteiger partial charge on any atom is 0.0637 e. The molecule has 0 atom stereocenters. The molecule has 0 amide bonds. The van der Waals surface area contributed by atoms with Gasteiger partial charge in [0.1, 0.15) is 0 Å². The standard InChI is InChI=1S/C15H25BrN2O2/c1-12(2)17-11-13-4-5-14(10-15(13)16)18(6-8-19)7-9-20-3/h4-5,10,12,17,19H,6-9,11H2,1-3H3. The van der Waals surface area contributed by atoms with Crippen molar-refractivity contribution in [3.8, 4) is 0 Å². The van der Waals surface area contributed by atoms with E-state index in [2.05, 4.69) is 58.2 Å². The lowest BCUT2D eigenvalue weighted by Crippen LogP contribution is -2.30. The highest BCUT2D eigenvalue weighted by molar-refractivity contribution is 9.10. The first-order valence-electron chi connectivity index (χ1n) is 6.95. The van der Waals surface area contributed by atoms with Crippen LogP contribution < -0.4 is 10.2 Å². The third-order valence-electron chi connectivity index (χ3n) is 3.04. The van der Waals surface area contributed by atoms with Crippen LogP contribution in [0.5, 0.6) is 0 Å². The van der Waals surface area contributed by atoms with Crippen molar-refractivity contribution in [3.05, 3.63) is 28.2 Å². The van der Waals surface area contributed by atoms with E-state index in [1.807, 2.05) is 0 Å². The minimum atomic E-state index is 0.137. The van der Waals surface area contributed by atoms with Gasteiger partial charge in [-0.3, -0.25) is 0 Å². The van der Waals surface area contributed by atoms with Gasteiger partial charge in [0.25, 0.3) is 0 Å². The lowest BCUT2D eigenvalue weighted by molar-refractivity contribution is 0.203. The number of halogens is 1. The first kappa shape index (κ1) is 17.4. The number of aliphatic hydroxyl groups excluding tert-OH is 1. The van der Waals surface area contributed by atoms with E-state index in [9.17, 15) is 0 Å². The maximum atomic E-state index is 9.16. The van der Waals surface area contributed by atoms with Gasteiger partial charge in [0, 0.05) is 42.9 Å². The topological polar surface area (TPSA) is 44.7 Å². The van der Waals surface area contributed by atoms with Crippen LogP contribution in [-0.4, -0.2) is 44.6 Å². The molecule has 0 spiro atoms. The van der Waals surface area contributed by atoms with Gasteiger partial charge in [0.15, 0.2) is 0 Å². The molecule has 0 aliphatic heterocycles.